The molecular weight excluding hydrogens is 238 g/mol. The van der Waals surface area contributed by atoms with Crippen LogP contribution in [0.3, 0.4) is 0 Å². The number of carboxylic acids is 1. The highest BCUT2D eigenvalue weighted by molar-refractivity contribution is 5.67. The van der Waals surface area contributed by atoms with Crippen molar-refractivity contribution in [1.29, 1.82) is 0 Å². The molecule has 2 rings (SSSR count). The van der Waals surface area contributed by atoms with Gasteiger partial charge >= 0.3 is 5.97 Å². The predicted octanol–water partition coefficient (Wildman–Crippen LogP) is 3.31. The second-order valence-corrected chi connectivity index (χ2v) is 6.45. The van der Waals surface area contributed by atoms with Crippen molar-refractivity contribution in [2.45, 2.75) is 58.4 Å². The van der Waals surface area contributed by atoms with Crippen molar-refractivity contribution < 1.29 is 9.90 Å². The average molecular weight is 265 g/mol. The predicted molar refractivity (Wildman–Crippen MR) is 77.1 cm³/mol. The molecule has 3 nitrogen and oxygen atoms in total. The Morgan fingerprint density at radius 3 is 2.68 bits per heavy atom. The van der Waals surface area contributed by atoms with Gasteiger partial charge in [0.2, 0.25) is 0 Å². The summed E-state index contributed by atoms with van der Waals surface area (Å²) in [6.07, 6.45) is 8.65. The van der Waals surface area contributed by atoms with E-state index >= 15 is 0 Å². The summed E-state index contributed by atoms with van der Waals surface area (Å²) in [5.41, 5.74) is 1.44. The van der Waals surface area contributed by atoms with Crippen molar-refractivity contribution in [3.63, 3.8) is 0 Å². The molecule has 3 unspecified atom stereocenters. The van der Waals surface area contributed by atoms with Gasteiger partial charge in [-0.05, 0) is 57.5 Å². The largest absolute Gasteiger partial charge is 0.481 e. The monoisotopic (exact) mass is 265 g/mol. The zero-order valence-corrected chi connectivity index (χ0v) is 12.3. The molecule has 1 aliphatic carbocycles. The molecule has 3 heteroatoms. The van der Waals surface area contributed by atoms with E-state index in [1.54, 1.807) is 0 Å². The minimum absolute atomic E-state index is 0.240. The van der Waals surface area contributed by atoms with Gasteiger partial charge in [-0.15, -0.1) is 0 Å². The number of carboxylic acid groups (broad SMARTS) is 1. The number of rotatable bonds is 4. The van der Waals surface area contributed by atoms with Gasteiger partial charge in [-0.1, -0.05) is 25.0 Å². The lowest BCUT2D eigenvalue weighted by molar-refractivity contribution is -0.139. The molecule has 0 saturated carbocycles. The fourth-order valence-corrected chi connectivity index (χ4v) is 3.91. The highest BCUT2D eigenvalue weighted by Crippen LogP contribution is 2.34. The number of carbonyl (C=O) groups is 1. The number of hydrogen-bond donors (Lipinski definition) is 1. The van der Waals surface area contributed by atoms with E-state index in [0.717, 1.165) is 25.9 Å². The highest BCUT2D eigenvalue weighted by Gasteiger charge is 2.32. The summed E-state index contributed by atoms with van der Waals surface area (Å²) in [5, 5.41) is 9.24. The van der Waals surface area contributed by atoms with E-state index < -0.39 is 5.97 Å². The first kappa shape index (κ1) is 14.6. The Morgan fingerprint density at radius 1 is 1.42 bits per heavy atom. The van der Waals surface area contributed by atoms with Crippen LogP contribution in [0.5, 0.6) is 0 Å². The topological polar surface area (TPSA) is 40.5 Å². The Labute approximate surface area is 116 Å². The van der Waals surface area contributed by atoms with Crippen LogP contribution in [0.1, 0.15) is 52.4 Å². The number of aliphatic carboxylic acids is 1. The Hall–Kier alpha value is -0.830. The molecule has 0 bridgehead atoms. The summed E-state index contributed by atoms with van der Waals surface area (Å²) >= 11 is 0. The van der Waals surface area contributed by atoms with E-state index in [0.29, 0.717) is 18.3 Å². The van der Waals surface area contributed by atoms with Crippen molar-refractivity contribution in [3.05, 3.63) is 11.6 Å². The molecule has 1 N–H and O–H groups in total. The maximum atomic E-state index is 11.2. The third kappa shape index (κ3) is 4.07. The Bertz CT molecular complexity index is 345. The number of piperidine rings is 1. The van der Waals surface area contributed by atoms with Gasteiger partial charge in [0.05, 0.1) is 6.42 Å². The molecule has 0 aromatic heterocycles. The molecular formula is C16H27NO2. The first-order valence-electron chi connectivity index (χ1n) is 7.69. The Morgan fingerprint density at radius 2 is 2.11 bits per heavy atom. The van der Waals surface area contributed by atoms with E-state index in [4.69, 9.17) is 0 Å². The van der Waals surface area contributed by atoms with Crippen LogP contribution in [0.4, 0.5) is 0 Å². The standard InChI is InChI=1S/C16H27NO2/c1-12-8-13(2)10-14(9-12)15(11-16(18)19)17-6-4-3-5-7-17/h8,12,14-15H,3-7,9-11H2,1-2H3,(H,18,19). The molecule has 0 amide bonds. The van der Waals surface area contributed by atoms with Gasteiger partial charge in [0.15, 0.2) is 0 Å². The van der Waals surface area contributed by atoms with E-state index in [1.807, 2.05) is 0 Å². The fourth-order valence-electron chi connectivity index (χ4n) is 3.91. The van der Waals surface area contributed by atoms with Gasteiger partial charge < -0.3 is 5.11 Å². The summed E-state index contributed by atoms with van der Waals surface area (Å²) in [6, 6.07) is 0.240. The number of hydrogen-bond acceptors (Lipinski definition) is 2. The second-order valence-electron chi connectivity index (χ2n) is 6.45. The molecule has 1 aliphatic heterocycles. The third-order valence-electron chi connectivity index (χ3n) is 4.62. The molecule has 0 radical (unpaired) electrons. The van der Waals surface area contributed by atoms with Crippen LogP contribution in [0.25, 0.3) is 0 Å². The fraction of sp³-hybridized carbons (Fsp3) is 0.812. The van der Waals surface area contributed by atoms with Crippen LogP contribution < -0.4 is 0 Å². The lowest BCUT2D eigenvalue weighted by atomic mass is 9.77. The van der Waals surface area contributed by atoms with Crippen LogP contribution in [-0.4, -0.2) is 35.1 Å². The second kappa shape index (κ2) is 6.56. The molecule has 108 valence electrons. The van der Waals surface area contributed by atoms with Crippen LogP contribution >= 0.6 is 0 Å². The molecule has 0 aromatic carbocycles. The zero-order chi connectivity index (χ0) is 13.8. The minimum Gasteiger partial charge on any atom is -0.481 e. The van der Waals surface area contributed by atoms with E-state index in [1.165, 1.54) is 24.8 Å². The number of allylic oxidation sites excluding steroid dienone is 2. The van der Waals surface area contributed by atoms with Gasteiger partial charge in [0.25, 0.3) is 0 Å². The Balaban J connectivity index is 2.08. The third-order valence-corrected chi connectivity index (χ3v) is 4.62. The van der Waals surface area contributed by atoms with E-state index in [9.17, 15) is 9.90 Å². The summed E-state index contributed by atoms with van der Waals surface area (Å²) in [7, 11) is 0. The highest BCUT2D eigenvalue weighted by atomic mass is 16.4. The lowest BCUT2D eigenvalue weighted by Crippen LogP contribution is -2.45. The molecule has 3 atom stereocenters. The van der Waals surface area contributed by atoms with Crippen molar-refractivity contribution in [1.82, 2.24) is 4.90 Å². The number of likely N-dealkylation sites (tertiary alicyclic amines) is 1. The molecule has 2 aliphatic rings. The van der Waals surface area contributed by atoms with E-state index in [-0.39, 0.29) is 6.04 Å². The van der Waals surface area contributed by atoms with E-state index in [2.05, 4.69) is 24.8 Å². The van der Waals surface area contributed by atoms with Gasteiger partial charge in [0, 0.05) is 6.04 Å². The van der Waals surface area contributed by atoms with Gasteiger partial charge in [-0.3, -0.25) is 9.69 Å². The Kier molecular flexibility index (Phi) is 5.03. The number of nitrogens with zero attached hydrogens (tertiary/aromatic N) is 1. The average Bonchev–Trinajstić information content (AvgIpc) is 2.35. The molecule has 19 heavy (non-hydrogen) atoms. The summed E-state index contributed by atoms with van der Waals surface area (Å²) in [5.74, 6) is 0.476. The van der Waals surface area contributed by atoms with Gasteiger partial charge in [-0.2, -0.15) is 0 Å². The van der Waals surface area contributed by atoms with Crippen LogP contribution in [0, 0.1) is 11.8 Å². The summed E-state index contributed by atoms with van der Waals surface area (Å²) in [6.45, 7) is 6.62. The SMILES string of the molecule is CC1=CC(C)CC(C(CC(=O)O)N2CCCCC2)C1. The first-order valence-corrected chi connectivity index (χ1v) is 7.69. The first-order chi connectivity index (χ1) is 9.06. The maximum Gasteiger partial charge on any atom is 0.304 e. The smallest absolute Gasteiger partial charge is 0.304 e. The van der Waals surface area contributed by atoms with Crippen molar-refractivity contribution in [2.24, 2.45) is 11.8 Å². The molecule has 1 saturated heterocycles. The van der Waals surface area contributed by atoms with Crippen molar-refractivity contribution >= 4 is 5.97 Å². The summed E-state index contributed by atoms with van der Waals surface area (Å²) < 4.78 is 0. The quantitative estimate of drug-likeness (QED) is 0.793. The normalized spacial score (nSPS) is 30.7. The van der Waals surface area contributed by atoms with Crippen molar-refractivity contribution in [2.75, 3.05) is 13.1 Å². The minimum atomic E-state index is -0.643. The van der Waals surface area contributed by atoms with Crippen LogP contribution in [0.2, 0.25) is 0 Å². The van der Waals surface area contributed by atoms with Gasteiger partial charge in [-0.25, -0.2) is 0 Å². The molecule has 1 heterocycles. The van der Waals surface area contributed by atoms with Gasteiger partial charge in [0.1, 0.15) is 0 Å². The molecule has 0 spiro atoms. The maximum absolute atomic E-state index is 11.2. The zero-order valence-electron chi connectivity index (χ0n) is 12.3. The van der Waals surface area contributed by atoms with Crippen LogP contribution in [-0.2, 0) is 4.79 Å². The lowest BCUT2D eigenvalue weighted by Gasteiger charge is -2.41. The molecule has 0 aromatic rings. The summed E-state index contributed by atoms with van der Waals surface area (Å²) in [4.78, 5) is 13.7. The van der Waals surface area contributed by atoms with Crippen LogP contribution in [0.15, 0.2) is 11.6 Å². The van der Waals surface area contributed by atoms with Crippen molar-refractivity contribution in [3.8, 4) is 0 Å². The molecule has 1 fully saturated rings.